The van der Waals surface area contributed by atoms with Crippen LogP contribution in [0.5, 0.6) is 0 Å². The van der Waals surface area contributed by atoms with Crippen LogP contribution in [-0.2, 0) is 11.3 Å². The summed E-state index contributed by atoms with van der Waals surface area (Å²) in [5.41, 5.74) is 1.89. The molecule has 2 fully saturated rings. The fourth-order valence-corrected chi connectivity index (χ4v) is 4.28. The summed E-state index contributed by atoms with van der Waals surface area (Å²) in [5, 5.41) is 0.761. The van der Waals surface area contributed by atoms with Crippen molar-refractivity contribution >= 4 is 23.2 Å². The number of rotatable bonds is 5. The summed E-state index contributed by atoms with van der Waals surface area (Å²) in [5.74, 6) is -0.0249. The summed E-state index contributed by atoms with van der Waals surface area (Å²) in [6.07, 6.45) is 0. The molecule has 2 aliphatic rings. The molecule has 0 unspecified atom stereocenters. The fraction of sp³-hybridized carbons (Fsp3) is 0.435. The van der Waals surface area contributed by atoms with Crippen LogP contribution < -0.4 is 4.90 Å². The molecular weight excluding hydrogens is 403 g/mol. The highest BCUT2D eigenvalue weighted by atomic mass is 35.5. The van der Waals surface area contributed by atoms with Crippen LogP contribution in [-0.4, -0.2) is 79.5 Å². The number of nitrogens with zero attached hydrogens (tertiary/aromatic N) is 4. The summed E-state index contributed by atoms with van der Waals surface area (Å²) in [6.45, 7) is 7.71. The SMILES string of the molecule is O=C(CN1CCN(Cc2ccc(Cl)cc2)CC1)N1CCN(c2ccccc2F)CC1. The molecule has 0 atom stereocenters. The number of carbonyl (C=O) groups is 1. The lowest BCUT2D eigenvalue weighted by molar-refractivity contribution is -0.133. The van der Waals surface area contributed by atoms with Gasteiger partial charge >= 0.3 is 0 Å². The first-order chi connectivity index (χ1) is 14.6. The minimum Gasteiger partial charge on any atom is -0.366 e. The second-order valence-corrected chi connectivity index (χ2v) is 8.43. The van der Waals surface area contributed by atoms with E-state index in [0.29, 0.717) is 38.4 Å². The largest absolute Gasteiger partial charge is 0.366 e. The minimum atomic E-state index is -0.200. The molecule has 0 aromatic heterocycles. The Labute approximate surface area is 182 Å². The molecule has 0 saturated carbocycles. The monoisotopic (exact) mass is 430 g/mol. The Bertz CT molecular complexity index is 847. The van der Waals surface area contributed by atoms with Gasteiger partial charge in [0.15, 0.2) is 0 Å². The molecule has 30 heavy (non-hydrogen) atoms. The van der Waals surface area contributed by atoms with Crippen molar-refractivity contribution in [1.82, 2.24) is 14.7 Å². The van der Waals surface area contributed by atoms with E-state index in [9.17, 15) is 9.18 Å². The molecule has 0 bridgehead atoms. The zero-order valence-electron chi connectivity index (χ0n) is 17.1. The molecule has 0 radical (unpaired) electrons. The zero-order valence-corrected chi connectivity index (χ0v) is 17.9. The number of carbonyl (C=O) groups excluding carboxylic acids is 1. The Morgan fingerprint density at radius 1 is 0.833 bits per heavy atom. The lowest BCUT2D eigenvalue weighted by Crippen LogP contribution is -2.53. The molecule has 0 N–H and O–H groups in total. The second kappa shape index (κ2) is 9.77. The average molecular weight is 431 g/mol. The van der Waals surface area contributed by atoms with Gasteiger partial charge in [0.1, 0.15) is 5.82 Å². The molecule has 1 amide bonds. The molecule has 160 valence electrons. The van der Waals surface area contributed by atoms with E-state index in [2.05, 4.69) is 21.9 Å². The Balaban J connectivity index is 1.20. The molecule has 2 heterocycles. The van der Waals surface area contributed by atoms with Gasteiger partial charge in [-0.25, -0.2) is 4.39 Å². The maximum absolute atomic E-state index is 14.0. The Morgan fingerprint density at radius 3 is 2.13 bits per heavy atom. The first kappa shape index (κ1) is 21.1. The molecule has 0 aliphatic carbocycles. The summed E-state index contributed by atoms with van der Waals surface area (Å²) in [7, 11) is 0. The predicted molar refractivity (Wildman–Crippen MR) is 118 cm³/mol. The quantitative estimate of drug-likeness (QED) is 0.729. The van der Waals surface area contributed by atoms with Crippen LogP contribution in [0.4, 0.5) is 10.1 Å². The zero-order chi connectivity index (χ0) is 20.9. The first-order valence-electron chi connectivity index (χ1n) is 10.5. The van der Waals surface area contributed by atoms with Gasteiger partial charge in [0.05, 0.1) is 12.2 Å². The van der Waals surface area contributed by atoms with Gasteiger partial charge in [0, 0.05) is 63.9 Å². The second-order valence-electron chi connectivity index (χ2n) is 8.00. The van der Waals surface area contributed by atoms with Crippen LogP contribution in [0.15, 0.2) is 48.5 Å². The molecular formula is C23H28ClFN4O. The van der Waals surface area contributed by atoms with Crippen LogP contribution in [0.1, 0.15) is 5.56 Å². The van der Waals surface area contributed by atoms with E-state index in [1.165, 1.54) is 11.6 Å². The summed E-state index contributed by atoms with van der Waals surface area (Å²) in [6, 6.07) is 14.8. The maximum atomic E-state index is 14.0. The van der Waals surface area contributed by atoms with E-state index in [1.54, 1.807) is 12.1 Å². The topological polar surface area (TPSA) is 30.0 Å². The standard InChI is InChI=1S/C23H28ClFN4O/c24-20-7-5-19(6-8-20)17-26-9-11-27(12-10-26)18-23(30)29-15-13-28(14-16-29)22-4-2-1-3-21(22)25/h1-8H,9-18H2. The lowest BCUT2D eigenvalue weighted by atomic mass is 10.2. The third-order valence-corrected chi connectivity index (χ3v) is 6.22. The highest BCUT2D eigenvalue weighted by Crippen LogP contribution is 2.20. The van der Waals surface area contributed by atoms with Crippen molar-refractivity contribution in [3.05, 3.63) is 64.9 Å². The molecule has 2 aliphatic heterocycles. The van der Waals surface area contributed by atoms with Gasteiger partial charge in [-0.2, -0.15) is 0 Å². The third kappa shape index (κ3) is 5.31. The van der Waals surface area contributed by atoms with Gasteiger partial charge in [-0.15, -0.1) is 0 Å². The number of hydrogen-bond acceptors (Lipinski definition) is 4. The maximum Gasteiger partial charge on any atom is 0.236 e. The summed E-state index contributed by atoms with van der Waals surface area (Å²) >= 11 is 5.96. The highest BCUT2D eigenvalue weighted by molar-refractivity contribution is 6.30. The van der Waals surface area contributed by atoms with Gasteiger partial charge in [-0.1, -0.05) is 35.9 Å². The van der Waals surface area contributed by atoms with Crippen molar-refractivity contribution in [3.63, 3.8) is 0 Å². The third-order valence-electron chi connectivity index (χ3n) is 5.97. The minimum absolute atomic E-state index is 0.175. The Morgan fingerprint density at radius 2 is 1.47 bits per heavy atom. The average Bonchev–Trinajstić information content (AvgIpc) is 2.77. The predicted octanol–water partition coefficient (Wildman–Crippen LogP) is 2.95. The molecule has 4 rings (SSSR count). The molecule has 2 saturated heterocycles. The van der Waals surface area contributed by atoms with Crippen molar-refractivity contribution in [2.45, 2.75) is 6.54 Å². The van der Waals surface area contributed by atoms with Gasteiger partial charge in [0.25, 0.3) is 0 Å². The number of benzene rings is 2. The van der Waals surface area contributed by atoms with E-state index >= 15 is 0 Å². The van der Waals surface area contributed by atoms with Gasteiger partial charge in [-0.3, -0.25) is 14.6 Å². The van der Waals surface area contributed by atoms with Crippen LogP contribution >= 0.6 is 11.6 Å². The van der Waals surface area contributed by atoms with Crippen molar-refractivity contribution in [2.75, 3.05) is 63.8 Å². The molecule has 7 heteroatoms. The summed E-state index contributed by atoms with van der Waals surface area (Å²) < 4.78 is 14.0. The van der Waals surface area contributed by atoms with E-state index in [0.717, 1.165) is 37.7 Å². The van der Waals surface area contributed by atoms with Crippen molar-refractivity contribution in [3.8, 4) is 0 Å². The van der Waals surface area contributed by atoms with Crippen LogP contribution in [0.25, 0.3) is 0 Å². The van der Waals surface area contributed by atoms with E-state index < -0.39 is 0 Å². The van der Waals surface area contributed by atoms with Gasteiger partial charge in [0.2, 0.25) is 5.91 Å². The highest BCUT2D eigenvalue weighted by Gasteiger charge is 2.25. The lowest BCUT2D eigenvalue weighted by Gasteiger charge is -2.38. The van der Waals surface area contributed by atoms with Gasteiger partial charge < -0.3 is 9.80 Å². The normalized spacial score (nSPS) is 18.6. The van der Waals surface area contributed by atoms with E-state index in [1.807, 2.05) is 28.0 Å². The molecule has 2 aromatic carbocycles. The van der Waals surface area contributed by atoms with E-state index in [-0.39, 0.29) is 11.7 Å². The van der Waals surface area contributed by atoms with Crippen LogP contribution in [0, 0.1) is 5.82 Å². The van der Waals surface area contributed by atoms with Crippen molar-refractivity contribution < 1.29 is 9.18 Å². The van der Waals surface area contributed by atoms with E-state index in [4.69, 9.17) is 11.6 Å². The first-order valence-corrected chi connectivity index (χ1v) is 10.9. The molecule has 2 aromatic rings. The number of halogens is 2. The number of para-hydroxylation sites is 1. The fourth-order valence-electron chi connectivity index (χ4n) is 4.15. The molecule has 0 spiro atoms. The number of anilines is 1. The van der Waals surface area contributed by atoms with Crippen molar-refractivity contribution in [2.24, 2.45) is 0 Å². The summed E-state index contributed by atoms with van der Waals surface area (Å²) in [4.78, 5) is 21.3. The van der Waals surface area contributed by atoms with Crippen molar-refractivity contribution in [1.29, 1.82) is 0 Å². The molecule has 5 nitrogen and oxygen atoms in total. The van der Waals surface area contributed by atoms with Crippen LogP contribution in [0.2, 0.25) is 5.02 Å². The number of hydrogen-bond donors (Lipinski definition) is 0. The number of amides is 1. The Hall–Kier alpha value is -2.15. The Kier molecular flexibility index (Phi) is 6.87. The van der Waals surface area contributed by atoms with Gasteiger partial charge in [-0.05, 0) is 29.8 Å². The van der Waals surface area contributed by atoms with Crippen LogP contribution in [0.3, 0.4) is 0 Å². The smallest absolute Gasteiger partial charge is 0.236 e. The number of piperazine rings is 2.